The van der Waals surface area contributed by atoms with Gasteiger partial charge in [0.25, 0.3) is 5.56 Å². The monoisotopic (exact) mass is 446 g/mol. The first-order valence-corrected chi connectivity index (χ1v) is 11.1. The lowest BCUT2D eigenvalue weighted by atomic mass is 9.90. The van der Waals surface area contributed by atoms with Crippen molar-refractivity contribution in [2.45, 2.75) is 71.4 Å². The Morgan fingerprint density at radius 3 is 2.55 bits per heavy atom. The van der Waals surface area contributed by atoms with Gasteiger partial charge in [0.05, 0.1) is 17.8 Å². The van der Waals surface area contributed by atoms with Crippen molar-refractivity contribution in [2.75, 3.05) is 12.4 Å². The molecule has 168 valence electrons. The Morgan fingerprint density at radius 1 is 1.26 bits per heavy atom. The quantitative estimate of drug-likeness (QED) is 0.531. The number of nitrogens with zero attached hydrogens (tertiary/aromatic N) is 3. The molecule has 0 radical (unpaired) electrons. The minimum atomic E-state index is -0.611. The van der Waals surface area contributed by atoms with E-state index in [0.717, 1.165) is 36.1 Å². The van der Waals surface area contributed by atoms with Gasteiger partial charge >= 0.3 is 6.09 Å². The number of hydrogen-bond acceptors (Lipinski definition) is 5. The van der Waals surface area contributed by atoms with Crippen LogP contribution in [-0.2, 0) is 11.3 Å². The minimum Gasteiger partial charge on any atom is -0.444 e. The zero-order valence-corrected chi connectivity index (χ0v) is 19.4. The smallest absolute Gasteiger partial charge is 0.410 e. The number of unbranched alkanes of at least 4 members (excludes halogenated alkanes) is 2. The molecule has 1 amide bonds. The van der Waals surface area contributed by atoms with E-state index in [1.165, 1.54) is 0 Å². The number of nitrogen functional groups attached to an aromatic ring is 1. The van der Waals surface area contributed by atoms with Gasteiger partial charge in [-0.15, -0.1) is 0 Å². The highest BCUT2D eigenvalue weighted by molar-refractivity contribution is 6.30. The average Bonchev–Trinajstić information content (AvgIpc) is 2.70. The van der Waals surface area contributed by atoms with E-state index in [0.29, 0.717) is 28.5 Å². The van der Waals surface area contributed by atoms with Crippen molar-refractivity contribution in [3.05, 3.63) is 50.9 Å². The van der Waals surface area contributed by atoms with Gasteiger partial charge < -0.3 is 15.5 Å². The van der Waals surface area contributed by atoms with Crippen LogP contribution < -0.4 is 11.4 Å². The van der Waals surface area contributed by atoms with Gasteiger partial charge in [-0.2, -0.15) is 0 Å². The molecule has 1 aromatic heterocycles. The summed E-state index contributed by atoms with van der Waals surface area (Å²) in [5.41, 5.74) is 0.948. The average molecular weight is 447 g/mol. The van der Waals surface area contributed by atoms with E-state index < -0.39 is 11.7 Å². The maximum Gasteiger partial charge on any atom is 0.410 e. The molecule has 2 heterocycles. The number of carbonyl (C=O) groups excluding carboxylic acids is 1. The van der Waals surface area contributed by atoms with Crippen LogP contribution in [0, 0.1) is 0 Å². The zero-order valence-electron chi connectivity index (χ0n) is 18.7. The summed E-state index contributed by atoms with van der Waals surface area (Å²) >= 11 is 6.00. The van der Waals surface area contributed by atoms with Gasteiger partial charge in [0.15, 0.2) is 5.82 Å². The van der Waals surface area contributed by atoms with Crippen molar-refractivity contribution < 1.29 is 9.53 Å². The van der Waals surface area contributed by atoms with Crippen LogP contribution in [0.2, 0.25) is 5.02 Å². The molecule has 1 aliphatic rings. The van der Waals surface area contributed by atoms with Crippen molar-refractivity contribution in [3.63, 3.8) is 0 Å². The second-order valence-corrected chi connectivity index (χ2v) is 9.47. The van der Waals surface area contributed by atoms with Gasteiger partial charge in [0.2, 0.25) is 0 Å². The number of amides is 1. The van der Waals surface area contributed by atoms with Crippen LogP contribution >= 0.6 is 11.6 Å². The summed E-state index contributed by atoms with van der Waals surface area (Å²) < 4.78 is 6.61. The molecule has 2 aromatic rings. The second kappa shape index (κ2) is 9.30. The molecule has 7 nitrogen and oxygen atoms in total. The van der Waals surface area contributed by atoms with Crippen LogP contribution in [0.15, 0.2) is 29.1 Å². The third-order valence-electron chi connectivity index (χ3n) is 5.33. The summed E-state index contributed by atoms with van der Waals surface area (Å²) in [5.74, 6) is 6.48. The van der Waals surface area contributed by atoms with E-state index >= 15 is 0 Å². The largest absolute Gasteiger partial charge is 0.444 e. The fraction of sp³-hybridized carbons (Fsp3) is 0.522. The van der Waals surface area contributed by atoms with Gasteiger partial charge in [0, 0.05) is 23.0 Å². The lowest BCUT2D eigenvalue weighted by molar-refractivity contribution is 0.0199. The fourth-order valence-electron chi connectivity index (χ4n) is 3.82. The molecule has 0 aliphatic carbocycles. The van der Waals surface area contributed by atoms with Gasteiger partial charge in [-0.3, -0.25) is 4.79 Å². The van der Waals surface area contributed by atoms with Crippen LogP contribution in [0.3, 0.4) is 0 Å². The topological polar surface area (TPSA) is 90.5 Å². The highest BCUT2D eigenvalue weighted by Crippen LogP contribution is 2.32. The van der Waals surface area contributed by atoms with Crippen LogP contribution in [0.4, 0.5) is 4.79 Å². The summed E-state index contributed by atoms with van der Waals surface area (Å²) in [6.45, 7) is 8.23. The van der Waals surface area contributed by atoms with E-state index in [9.17, 15) is 9.59 Å². The Hall–Kier alpha value is -2.54. The Labute approximate surface area is 188 Å². The highest BCUT2D eigenvalue weighted by atomic mass is 35.5. The summed E-state index contributed by atoms with van der Waals surface area (Å²) in [6, 6.07) is 7.07. The van der Waals surface area contributed by atoms with Gasteiger partial charge in [-0.1, -0.05) is 37.8 Å². The molecule has 8 heteroatoms. The van der Waals surface area contributed by atoms with Crippen molar-refractivity contribution in [3.8, 4) is 11.4 Å². The standard InChI is InChI=1S/C23H31ClN4O3/c1-5-6-7-8-16-13-27(22(30)31-23(2,3)4)14-18-19(16)26-20(28(25)21(18)29)15-9-11-17(24)12-10-15/h9-12,16H,5-8,13-14,25H2,1-4H3. The van der Waals surface area contributed by atoms with E-state index in [4.69, 9.17) is 27.2 Å². The Bertz CT molecular complexity index is 996. The maximum atomic E-state index is 13.2. The minimum absolute atomic E-state index is 0.0530. The lowest BCUT2D eigenvalue weighted by Gasteiger charge is -2.35. The van der Waals surface area contributed by atoms with Gasteiger partial charge in [0.1, 0.15) is 5.60 Å². The summed E-state index contributed by atoms with van der Waals surface area (Å²) in [6.07, 6.45) is 3.57. The molecule has 1 atom stereocenters. The molecule has 1 unspecified atom stereocenters. The van der Waals surface area contributed by atoms with Crippen molar-refractivity contribution >= 4 is 17.7 Å². The van der Waals surface area contributed by atoms with E-state index in [-0.39, 0.29) is 18.0 Å². The number of aromatic nitrogens is 2. The van der Waals surface area contributed by atoms with Crippen LogP contribution in [-0.4, -0.2) is 32.8 Å². The molecule has 3 rings (SSSR count). The van der Waals surface area contributed by atoms with Crippen molar-refractivity contribution in [1.82, 2.24) is 14.6 Å². The molecule has 31 heavy (non-hydrogen) atoms. The molecule has 1 aromatic carbocycles. The number of nitrogens with two attached hydrogens (primary N) is 1. The lowest BCUT2D eigenvalue weighted by Crippen LogP contribution is -2.46. The third-order valence-corrected chi connectivity index (χ3v) is 5.58. The highest BCUT2D eigenvalue weighted by Gasteiger charge is 2.34. The molecule has 0 saturated heterocycles. The Balaban J connectivity index is 2.03. The summed E-state index contributed by atoms with van der Waals surface area (Å²) in [5, 5.41) is 0.595. The molecule has 0 spiro atoms. The van der Waals surface area contributed by atoms with Crippen LogP contribution in [0.1, 0.15) is 70.6 Å². The number of rotatable bonds is 5. The zero-order chi connectivity index (χ0) is 22.8. The molecule has 1 aliphatic heterocycles. The number of carbonyl (C=O) groups is 1. The van der Waals surface area contributed by atoms with Crippen molar-refractivity contribution in [1.29, 1.82) is 0 Å². The van der Waals surface area contributed by atoms with E-state index in [1.807, 2.05) is 20.8 Å². The summed E-state index contributed by atoms with van der Waals surface area (Å²) in [7, 11) is 0. The molecule has 2 N–H and O–H groups in total. The summed E-state index contributed by atoms with van der Waals surface area (Å²) in [4.78, 5) is 32.4. The normalized spacial score (nSPS) is 16.2. The number of halogens is 1. The van der Waals surface area contributed by atoms with Crippen LogP contribution in [0.5, 0.6) is 0 Å². The maximum absolute atomic E-state index is 13.2. The molecule has 0 fully saturated rings. The number of ether oxygens (including phenoxy) is 1. The number of fused-ring (bicyclic) bond motifs is 1. The fourth-order valence-corrected chi connectivity index (χ4v) is 3.94. The first-order valence-electron chi connectivity index (χ1n) is 10.8. The molecule has 0 bridgehead atoms. The van der Waals surface area contributed by atoms with E-state index in [1.54, 1.807) is 29.2 Å². The SMILES string of the molecule is CCCCCC1CN(C(=O)OC(C)(C)C)Cc2c1nc(-c1ccc(Cl)cc1)n(N)c2=O. The number of hydrogen-bond donors (Lipinski definition) is 1. The van der Waals surface area contributed by atoms with Gasteiger partial charge in [-0.25, -0.2) is 14.5 Å². The second-order valence-electron chi connectivity index (χ2n) is 9.03. The van der Waals surface area contributed by atoms with Crippen LogP contribution in [0.25, 0.3) is 11.4 Å². The van der Waals surface area contributed by atoms with Crippen molar-refractivity contribution in [2.24, 2.45) is 0 Å². The predicted molar refractivity (Wildman–Crippen MR) is 123 cm³/mol. The molecular formula is C23H31ClN4O3. The molecular weight excluding hydrogens is 416 g/mol. The van der Waals surface area contributed by atoms with Gasteiger partial charge in [-0.05, 0) is 51.5 Å². The number of benzene rings is 1. The third kappa shape index (κ3) is 5.39. The molecule has 0 saturated carbocycles. The Morgan fingerprint density at radius 2 is 1.94 bits per heavy atom. The van der Waals surface area contributed by atoms with E-state index in [2.05, 4.69) is 6.92 Å². The first kappa shape index (κ1) is 23.1. The Kier molecular flexibility index (Phi) is 6.94. The first-order chi connectivity index (χ1) is 14.6. The predicted octanol–water partition coefficient (Wildman–Crippen LogP) is 4.69.